The third-order valence-electron chi connectivity index (χ3n) is 6.95. The maximum absolute atomic E-state index is 13.6. The third kappa shape index (κ3) is 3.78. The molecule has 0 aromatic rings. The van der Waals surface area contributed by atoms with E-state index < -0.39 is 98.6 Å². The molecule has 0 aliphatic heterocycles. The van der Waals surface area contributed by atoms with Crippen molar-refractivity contribution in [2.45, 2.75) is 37.6 Å². The Labute approximate surface area is 223 Å². The fraction of sp³-hybridized carbons (Fsp3) is 0.435. The van der Waals surface area contributed by atoms with Crippen LogP contribution in [-0.2, 0) is 47.1 Å². The van der Waals surface area contributed by atoms with Crippen LogP contribution in [0.15, 0.2) is 51.2 Å². The normalized spacial score (nSPS) is 30.9. The summed E-state index contributed by atoms with van der Waals surface area (Å²) in [6, 6.07) is -1.21. The molecule has 4 N–H and O–H groups in total. The van der Waals surface area contributed by atoms with Crippen LogP contribution in [0.4, 0.5) is 13.2 Å². The van der Waals surface area contributed by atoms with Gasteiger partial charge in [-0.2, -0.15) is 19.2 Å². The van der Waals surface area contributed by atoms with Gasteiger partial charge in [0.25, 0.3) is 0 Å². The summed E-state index contributed by atoms with van der Waals surface area (Å²) in [5, 5.41) is 44.2. The summed E-state index contributed by atoms with van der Waals surface area (Å²) in [6.07, 6.45) is -3.10. The van der Waals surface area contributed by atoms with Gasteiger partial charge in [0.1, 0.15) is 17.1 Å². The Bertz CT molecular complexity index is 1210. The van der Waals surface area contributed by atoms with Crippen molar-refractivity contribution < 1.29 is 80.7 Å². The summed E-state index contributed by atoms with van der Waals surface area (Å²) in [5.41, 5.74) is -6.18. The van der Waals surface area contributed by atoms with Crippen molar-refractivity contribution in [3.8, 4) is 0 Å². The number of aliphatic hydroxyl groups is 4. The molecule has 0 heterocycles. The number of carbonyl (C=O) groups is 3. The van der Waals surface area contributed by atoms with E-state index >= 15 is 0 Å². The minimum Gasteiger partial charge on any atom is -0.520 e. The Morgan fingerprint density at radius 1 is 1.17 bits per heavy atom. The van der Waals surface area contributed by atoms with Gasteiger partial charge in [-0.25, -0.2) is 0 Å². The van der Waals surface area contributed by atoms with Crippen molar-refractivity contribution >= 4 is 17.3 Å². The number of halogens is 3. The minimum absolute atomic E-state index is 0. The van der Waals surface area contributed by atoms with E-state index in [1.807, 2.05) is 6.08 Å². The van der Waals surface area contributed by atoms with Gasteiger partial charge in [0.05, 0.1) is 17.6 Å². The molecule has 4 atom stereocenters. The Morgan fingerprint density at radius 3 is 2.29 bits per heavy atom. The molecule has 35 heavy (non-hydrogen) atoms. The SMILES string of the molecule is CC(=O)C1=C(O)[C@@]2(O)C(O)=C3C(O)=C4C(=O)[C-]=CC(C(F)(F)F)=C4C[C@H]3C[C@H]2[C@H](N(C)C)C1=O.[Y]. The summed E-state index contributed by atoms with van der Waals surface area (Å²) in [7, 11) is 2.95. The standard InChI is InChI=1S/C23H21F3NO7.Y/c1-8(28)14-19(31)17(27(2)3)12-7-9-6-10-11(23(24,25)26)4-5-13(29)16(10)18(30)15(9)21(33)22(12,34)20(14)32;/h4,9,12,17,30,32-34H,6-7H2,1-3H3;/q-1;/t9-,12-,17-,22+;/m0./s1. The van der Waals surface area contributed by atoms with E-state index in [2.05, 4.69) is 0 Å². The molecular weight excluding hydrogens is 548 g/mol. The van der Waals surface area contributed by atoms with Gasteiger partial charge in [-0.3, -0.25) is 14.5 Å². The molecule has 0 saturated heterocycles. The van der Waals surface area contributed by atoms with Gasteiger partial charge in [-0.15, -0.1) is 11.6 Å². The Morgan fingerprint density at radius 2 is 1.77 bits per heavy atom. The average molecular weight is 569 g/mol. The zero-order chi connectivity index (χ0) is 25.5. The number of fused-ring (bicyclic) bond motifs is 3. The smallest absolute Gasteiger partial charge is 0.370 e. The number of aliphatic hydroxyl groups excluding tert-OH is 3. The number of hydrogen-bond donors (Lipinski definition) is 4. The summed E-state index contributed by atoms with van der Waals surface area (Å²) in [5.74, 6) is -8.11. The summed E-state index contributed by atoms with van der Waals surface area (Å²) >= 11 is 0. The number of alkyl halides is 3. The molecule has 185 valence electrons. The zero-order valence-electron chi connectivity index (χ0n) is 18.9. The van der Waals surface area contributed by atoms with Crippen molar-refractivity contribution in [3.63, 3.8) is 0 Å². The van der Waals surface area contributed by atoms with Crippen LogP contribution in [0.1, 0.15) is 19.8 Å². The van der Waals surface area contributed by atoms with Crippen LogP contribution < -0.4 is 0 Å². The van der Waals surface area contributed by atoms with Crippen molar-refractivity contribution in [1.29, 1.82) is 0 Å². The molecular formula is C23H21F3NO7Y-. The third-order valence-corrected chi connectivity index (χ3v) is 6.95. The second-order valence-electron chi connectivity index (χ2n) is 9.06. The van der Waals surface area contributed by atoms with Gasteiger partial charge in [-0.05, 0) is 45.4 Å². The first-order valence-corrected chi connectivity index (χ1v) is 10.3. The molecule has 4 aliphatic carbocycles. The van der Waals surface area contributed by atoms with Gasteiger partial charge in [0, 0.05) is 44.2 Å². The fourth-order valence-corrected chi connectivity index (χ4v) is 5.54. The first kappa shape index (κ1) is 27.5. The Kier molecular flexibility index (Phi) is 6.91. The van der Waals surface area contributed by atoms with Crippen LogP contribution in [0.2, 0.25) is 0 Å². The second-order valence-corrected chi connectivity index (χ2v) is 9.06. The average Bonchev–Trinajstić information content (AvgIpc) is 2.69. The van der Waals surface area contributed by atoms with E-state index in [4.69, 9.17) is 0 Å². The first-order chi connectivity index (χ1) is 15.6. The molecule has 0 aromatic carbocycles. The molecule has 0 bridgehead atoms. The van der Waals surface area contributed by atoms with Crippen LogP contribution in [0, 0.1) is 17.9 Å². The molecule has 0 spiro atoms. The van der Waals surface area contributed by atoms with Crippen LogP contribution in [0.25, 0.3) is 0 Å². The van der Waals surface area contributed by atoms with Crippen LogP contribution >= 0.6 is 0 Å². The van der Waals surface area contributed by atoms with Gasteiger partial charge >= 0.3 is 6.18 Å². The predicted molar refractivity (Wildman–Crippen MR) is 109 cm³/mol. The van der Waals surface area contributed by atoms with E-state index in [1.165, 1.54) is 19.0 Å². The van der Waals surface area contributed by atoms with E-state index in [0.29, 0.717) is 6.08 Å². The van der Waals surface area contributed by atoms with Crippen LogP contribution in [-0.4, -0.2) is 74.6 Å². The number of carbonyl (C=O) groups excluding carboxylic acids is 3. The largest absolute Gasteiger partial charge is 0.520 e. The van der Waals surface area contributed by atoms with E-state index in [-0.39, 0.29) is 39.1 Å². The van der Waals surface area contributed by atoms with E-state index in [0.717, 1.165) is 6.92 Å². The topological polar surface area (TPSA) is 135 Å². The van der Waals surface area contributed by atoms with Crippen molar-refractivity contribution in [2.24, 2.45) is 11.8 Å². The maximum atomic E-state index is 13.6. The van der Waals surface area contributed by atoms with Gasteiger partial charge in [-0.1, -0.05) is 5.57 Å². The quantitative estimate of drug-likeness (QED) is 0.294. The number of hydrogen-bond acceptors (Lipinski definition) is 8. The van der Waals surface area contributed by atoms with E-state index in [9.17, 15) is 48.0 Å². The van der Waals surface area contributed by atoms with Gasteiger partial charge < -0.3 is 25.2 Å². The number of rotatable bonds is 2. The monoisotopic (exact) mass is 569 g/mol. The van der Waals surface area contributed by atoms with Crippen LogP contribution in [0.3, 0.4) is 0 Å². The maximum Gasteiger partial charge on any atom is 0.370 e. The number of ketones is 3. The van der Waals surface area contributed by atoms with Gasteiger partial charge in [0.2, 0.25) is 0 Å². The molecule has 0 aromatic heterocycles. The molecule has 8 nitrogen and oxygen atoms in total. The van der Waals surface area contributed by atoms with Crippen molar-refractivity contribution in [2.75, 3.05) is 14.1 Å². The molecule has 0 saturated carbocycles. The molecule has 12 heteroatoms. The van der Waals surface area contributed by atoms with Gasteiger partial charge in [0.15, 0.2) is 17.2 Å². The molecule has 0 unspecified atom stereocenters. The molecule has 4 rings (SSSR count). The van der Waals surface area contributed by atoms with Crippen molar-refractivity contribution in [1.82, 2.24) is 4.90 Å². The molecule has 0 fully saturated rings. The molecule has 4 aliphatic rings. The van der Waals surface area contributed by atoms with Crippen LogP contribution in [0.5, 0.6) is 0 Å². The minimum atomic E-state index is -4.85. The number of Topliss-reactive ketones (excluding diaryl/α,β-unsaturated/α-hetero) is 3. The summed E-state index contributed by atoms with van der Waals surface area (Å²) < 4.78 is 40.9. The van der Waals surface area contributed by atoms with E-state index in [1.54, 1.807) is 0 Å². The number of allylic oxidation sites excluding steroid dienone is 6. The molecule has 0 amide bonds. The second kappa shape index (κ2) is 8.79. The number of likely N-dealkylation sites (N-methyl/N-ethyl adjacent to an activating group) is 1. The van der Waals surface area contributed by atoms with Crippen molar-refractivity contribution in [3.05, 3.63) is 57.3 Å². The molecule has 1 radical (unpaired) electrons. The first-order valence-electron chi connectivity index (χ1n) is 10.3. The summed E-state index contributed by atoms with van der Waals surface area (Å²) in [6.45, 7) is 0.994. The zero-order valence-corrected chi connectivity index (χ0v) is 21.7. The predicted octanol–water partition coefficient (Wildman–Crippen LogP) is 2.09. The summed E-state index contributed by atoms with van der Waals surface area (Å²) in [4.78, 5) is 38.9. The number of nitrogens with zero attached hydrogens (tertiary/aromatic N) is 1. The Hall–Kier alpha value is -2.08. The fourth-order valence-electron chi connectivity index (χ4n) is 5.54. The Balaban J connectivity index is 0.00000342.